The van der Waals surface area contributed by atoms with Gasteiger partial charge in [0.2, 0.25) is 5.75 Å². The highest BCUT2D eigenvalue weighted by molar-refractivity contribution is 5.90. The van der Waals surface area contributed by atoms with Gasteiger partial charge in [0.05, 0.1) is 27.0 Å². The number of nitrogens with zero attached hydrogens (tertiary/aromatic N) is 2. The zero-order valence-corrected chi connectivity index (χ0v) is 19.1. The van der Waals surface area contributed by atoms with Crippen molar-refractivity contribution in [3.05, 3.63) is 12.1 Å². The van der Waals surface area contributed by atoms with Crippen molar-refractivity contribution < 1.29 is 19.0 Å². The number of rotatable bonds is 6. The second kappa shape index (κ2) is 10.2. The Morgan fingerprint density at radius 2 is 1.57 bits per heavy atom. The second-order valence-corrected chi connectivity index (χ2v) is 8.94. The van der Waals surface area contributed by atoms with E-state index in [9.17, 15) is 4.79 Å². The van der Waals surface area contributed by atoms with Crippen LogP contribution >= 0.6 is 0 Å². The molecular formula is C23H37N3O4. The van der Waals surface area contributed by atoms with Crippen LogP contribution in [0.3, 0.4) is 0 Å². The van der Waals surface area contributed by atoms with E-state index < -0.39 is 0 Å². The van der Waals surface area contributed by atoms with Crippen LogP contribution in [0.2, 0.25) is 0 Å². The quantitative estimate of drug-likeness (QED) is 0.757. The van der Waals surface area contributed by atoms with E-state index >= 15 is 0 Å². The van der Waals surface area contributed by atoms with Gasteiger partial charge in [0, 0.05) is 44.9 Å². The maximum absolute atomic E-state index is 12.8. The Balaban J connectivity index is 1.53. The summed E-state index contributed by atoms with van der Waals surface area (Å²) in [5.74, 6) is 3.82. The van der Waals surface area contributed by atoms with Crippen molar-refractivity contribution >= 4 is 11.7 Å². The summed E-state index contributed by atoms with van der Waals surface area (Å²) < 4.78 is 16.1. The van der Waals surface area contributed by atoms with E-state index in [-0.39, 0.29) is 6.03 Å². The summed E-state index contributed by atoms with van der Waals surface area (Å²) in [6.07, 6.45) is 3.46. The Kier molecular flexibility index (Phi) is 7.69. The number of anilines is 1. The van der Waals surface area contributed by atoms with Crippen LogP contribution in [0.4, 0.5) is 10.5 Å². The van der Waals surface area contributed by atoms with Gasteiger partial charge < -0.3 is 29.3 Å². The van der Waals surface area contributed by atoms with Crippen molar-refractivity contribution in [2.45, 2.75) is 33.1 Å². The lowest BCUT2D eigenvalue weighted by molar-refractivity contribution is 0.101. The molecule has 2 amide bonds. The smallest absolute Gasteiger partial charge is 0.321 e. The van der Waals surface area contributed by atoms with Crippen LogP contribution in [0.25, 0.3) is 0 Å². The summed E-state index contributed by atoms with van der Waals surface area (Å²) in [7, 11) is 4.70. The molecule has 30 heavy (non-hydrogen) atoms. The van der Waals surface area contributed by atoms with Crippen LogP contribution in [0.5, 0.6) is 17.2 Å². The van der Waals surface area contributed by atoms with Gasteiger partial charge in [0.25, 0.3) is 0 Å². The molecule has 0 aliphatic carbocycles. The minimum absolute atomic E-state index is 0.0806. The third-order valence-electron chi connectivity index (χ3n) is 6.28. The highest BCUT2D eigenvalue weighted by Crippen LogP contribution is 2.40. The van der Waals surface area contributed by atoms with Gasteiger partial charge in [-0.1, -0.05) is 13.8 Å². The molecule has 2 aliphatic heterocycles. The monoisotopic (exact) mass is 419 g/mol. The van der Waals surface area contributed by atoms with Gasteiger partial charge in [0.15, 0.2) is 11.5 Å². The first kappa shape index (κ1) is 22.5. The molecule has 3 rings (SSSR count). The number of ether oxygens (including phenoxy) is 3. The molecule has 2 heterocycles. The van der Waals surface area contributed by atoms with Gasteiger partial charge >= 0.3 is 6.03 Å². The fraction of sp³-hybridized carbons (Fsp3) is 0.696. The van der Waals surface area contributed by atoms with Crippen LogP contribution in [-0.4, -0.2) is 69.9 Å². The third kappa shape index (κ3) is 5.50. The van der Waals surface area contributed by atoms with E-state index in [2.05, 4.69) is 24.1 Å². The van der Waals surface area contributed by atoms with Crippen molar-refractivity contribution in [2.24, 2.45) is 17.8 Å². The molecule has 168 valence electrons. The predicted molar refractivity (Wildman–Crippen MR) is 119 cm³/mol. The summed E-state index contributed by atoms with van der Waals surface area (Å²) in [4.78, 5) is 17.3. The summed E-state index contributed by atoms with van der Waals surface area (Å²) in [5, 5.41) is 2.98. The van der Waals surface area contributed by atoms with Gasteiger partial charge in [-0.25, -0.2) is 4.79 Å². The number of amides is 2. The van der Waals surface area contributed by atoms with Gasteiger partial charge in [-0.05, 0) is 37.0 Å². The van der Waals surface area contributed by atoms with Crippen molar-refractivity contribution in [3.63, 3.8) is 0 Å². The fourth-order valence-corrected chi connectivity index (χ4v) is 4.98. The SMILES string of the molecule is COc1cc(NC(=O)N2CCC(CN3C[C@H](C)C[C@H](C)C3)CC2)cc(OC)c1OC. The lowest BCUT2D eigenvalue weighted by Crippen LogP contribution is -2.46. The van der Waals surface area contributed by atoms with Crippen LogP contribution < -0.4 is 19.5 Å². The maximum atomic E-state index is 12.8. The molecule has 0 saturated carbocycles. The summed E-state index contributed by atoms with van der Waals surface area (Å²) in [5.41, 5.74) is 0.632. The van der Waals surface area contributed by atoms with Crippen molar-refractivity contribution in [1.29, 1.82) is 0 Å². The number of urea groups is 1. The Bertz CT molecular complexity index is 683. The molecule has 0 aromatic heterocycles. The van der Waals surface area contributed by atoms with Crippen LogP contribution in [0.15, 0.2) is 12.1 Å². The van der Waals surface area contributed by atoms with E-state index in [1.54, 1.807) is 33.5 Å². The van der Waals surface area contributed by atoms with Crippen molar-refractivity contribution in [2.75, 3.05) is 59.4 Å². The van der Waals surface area contributed by atoms with Gasteiger partial charge in [-0.15, -0.1) is 0 Å². The highest BCUT2D eigenvalue weighted by atomic mass is 16.5. The molecule has 0 unspecified atom stereocenters. The average Bonchev–Trinajstić information content (AvgIpc) is 2.72. The molecule has 2 atom stereocenters. The number of methoxy groups -OCH3 is 3. The standard InChI is InChI=1S/C23H37N3O4/c1-16-10-17(2)14-25(13-16)15-18-6-8-26(9-7-18)23(27)24-19-11-20(28-3)22(30-5)21(12-19)29-4/h11-12,16-18H,6-10,13-15H2,1-5H3,(H,24,27)/t16-,17+. The van der Waals surface area contributed by atoms with Crippen LogP contribution in [0, 0.1) is 17.8 Å². The van der Waals surface area contributed by atoms with E-state index in [0.717, 1.165) is 44.3 Å². The normalized spacial score (nSPS) is 23.2. The lowest BCUT2D eigenvalue weighted by atomic mass is 9.89. The van der Waals surface area contributed by atoms with Crippen LogP contribution in [0.1, 0.15) is 33.1 Å². The first-order valence-corrected chi connectivity index (χ1v) is 11.0. The molecule has 2 saturated heterocycles. The average molecular weight is 420 g/mol. The summed E-state index contributed by atoms with van der Waals surface area (Å²) in [6, 6.07) is 3.43. The minimum Gasteiger partial charge on any atom is -0.493 e. The second-order valence-electron chi connectivity index (χ2n) is 8.94. The number of carbonyl (C=O) groups excluding carboxylic acids is 1. The largest absolute Gasteiger partial charge is 0.493 e. The molecule has 2 fully saturated rings. The molecule has 7 heteroatoms. The Morgan fingerprint density at radius 1 is 1.00 bits per heavy atom. The van der Waals surface area contributed by atoms with E-state index in [1.165, 1.54) is 19.5 Å². The minimum atomic E-state index is -0.0806. The maximum Gasteiger partial charge on any atom is 0.321 e. The van der Waals surface area contributed by atoms with Gasteiger partial charge in [0.1, 0.15) is 0 Å². The summed E-state index contributed by atoms with van der Waals surface area (Å²) in [6.45, 7) is 9.90. The molecule has 2 aliphatic rings. The number of hydrogen-bond donors (Lipinski definition) is 1. The zero-order chi connectivity index (χ0) is 21.7. The molecule has 1 aromatic rings. The number of piperidine rings is 2. The molecule has 0 radical (unpaired) electrons. The van der Waals surface area contributed by atoms with Gasteiger partial charge in [-0.2, -0.15) is 0 Å². The Hall–Kier alpha value is -2.15. The van der Waals surface area contributed by atoms with E-state index in [1.807, 2.05) is 4.90 Å². The Labute approximate surface area is 180 Å². The number of benzene rings is 1. The van der Waals surface area contributed by atoms with Crippen LogP contribution in [-0.2, 0) is 0 Å². The number of likely N-dealkylation sites (tertiary alicyclic amines) is 2. The summed E-state index contributed by atoms with van der Waals surface area (Å²) >= 11 is 0. The molecular weight excluding hydrogens is 382 g/mol. The van der Waals surface area contributed by atoms with E-state index in [0.29, 0.717) is 28.9 Å². The first-order chi connectivity index (χ1) is 14.4. The van der Waals surface area contributed by atoms with Crippen molar-refractivity contribution in [3.8, 4) is 17.2 Å². The van der Waals surface area contributed by atoms with Crippen molar-refractivity contribution in [1.82, 2.24) is 9.80 Å². The number of carbonyl (C=O) groups is 1. The molecule has 0 bridgehead atoms. The van der Waals surface area contributed by atoms with Gasteiger partial charge in [-0.3, -0.25) is 0 Å². The first-order valence-electron chi connectivity index (χ1n) is 11.0. The molecule has 1 N–H and O–H groups in total. The zero-order valence-electron chi connectivity index (χ0n) is 19.1. The highest BCUT2D eigenvalue weighted by Gasteiger charge is 2.28. The molecule has 0 spiro atoms. The lowest BCUT2D eigenvalue weighted by Gasteiger charge is -2.39. The van der Waals surface area contributed by atoms with E-state index in [4.69, 9.17) is 14.2 Å². The number of nitrogens with one attached hydrogen (secondary N) is 1. The number of hydrogen-bond acceptors (Lipinski definition) is 5. The third-order valence-corrected chi connectivity index (χ3v) is 6.28. The molecule has 7 nitrogen and oxygen atoms in total. The Morgan fingerprint density at radius 3 is 2.07 bits per heavy atom. The molecule has 1 aromatic carbocycles. The topological polar surface area (TPSA) is 63.3 Å². The fourth-order valence-electron chi connectivity index (χ4n) is 4.98. The predicted octanol–water partition coefficient (Wildman–Crippen LogP) is 3.93.